The Kier molecular flexibility index (Phi) is 5.52. The Labute approximate surface area is 224 Å². The fourth-order valence-corrected chi connectivity index (χ4v) is 6.76. The van der Waals surface area contributed by atoms with Gasteiger partial charge in [-0.05, 0) is 45.6 Å². The maximum Gasteiger partial charge on any atom is 0.228 e. The topological polar surface area (TPSA) is 166 Å². The van der Waals surface area contributed by atoms with E-state index in [1.165, 1.54) is 19.2 Å². The molecule has 0 radical (unpaired) electrons. The smallest absolute Gasteiger partial charge is 0.228 e. The summed E-state index contributed by atoms with van der Waals surface area (Å²) in [4.78, 5) is 29.5. The minimum atomic E-state index is -1.50. The van der Waals surface area contributed by atoms with Gasteiger partial charge in [0.25, 0.3) is 0 Å². The summed E-state index contributed by atoms with van der Waals surface area (Å²) in [6.45, 7) is 3.19. The third-order valence-corrected chi connectivity index (χ3v) is 8.66. The average molecular weight is 542 g/mol. The predicted octanol–water partition coefficient (Wildman–Crippen LogP) is 0.874. The molecule has 0 amide bonds. The number of hydrogen-bond acceptors (Lipinski definition) is 11. The standard InChI is InChI=1S/C28H31NO10/c1-27(36)8-10-6-11-16(21(32)15(10)14(9-27)37-5)22(33)17-13(30)7-12-24(18(17)20(11)31)38-26-23(34)19(29(3)4)25(35)28(12,2)39-26/h6-7,14,19,23,25-26,30,32,34-36H,8-9H2,1-5H3/t14-,19+,23+,25-,26+,27+,28+/m0/s1. The van der Waals surface area contributed by atoms with Crippen molar-refractivity contribution in [3.8, 4) is 17.2 Å². The molecule has 7 atom stereocenters. The summed E-state index contributed by atoms with van der Waals surface area (Å²) >= 11 is 0. The number of ketones is 2. The van der Waals surface area contributed by atoms with Crippen LogP contribution in [0.3, 0.4) is 0 Å². The van der Waals surface area contributed by atoms with Crippen molar-refractivity contribution in [3.05, 3.63) is 51.1 Å². The molecule has 2 aromatic carbocycles. The highest BCUT2D eigenvalue weighted by Crippen LogP contribution is 2.54. The number of aromatic hydroxyl groups is 2. The van der Waals surface area contributed by atoms with Crippen LogP contribution in [0.15, 0.2) is 12.1 Å². The molecule has 0 saturated carbocycles. The molecule has 6 rings (SSSR count). The molecule has 4 aliphatic rings. The average Bonchev–Trinajstić information content (AvgIpc) is 2.84. The van der Waals surface area contributed by atoms with Gasteiger partial charge in [0.05, 0.1) is 34.4 Å². The van der Waals surface area contributed by atoms with E-state index in [2.05, 4.69) is 0 Å². The zero-order valence-electron chi connectivity index (χ0n) is 22.2. The number of hydrogen-bond donors (Lipinski definition) is 5. The number of methoxy groups -OCH3 is 1. The number of fused-ring (bicyclic) bond motifs is 8. The summed E-state index contributed by atoms with van der Waals surface area (Å²) in [5.41, 5.74) is -2.71. The number of phenolic OH excluding ortho intramolecular Hbond substituents is 2. The third-order valence-electron chi connectivity index (χ3n) is 8.66. The molecule has 208 valence electrons. The van der Waals surface area contributed by atoms with Crippen LogP contribution in [-0.2, 0) is 21.5 Å². The molecule has 2 bridgehead atoms. The maximum atomic E-state index is 14.1. The lowest BCUT2D eigenvalue weighted by Crippen LogP contribution is -2.68. The SMILES string of the molecule is CO[C@H]1C[C@](C)(O)Cc2cc3c(c(O)c21)C(=O)c1c(O)cc2c(c1C3=O)O[C@@H]1O[C@@]2(C)[C@@H](O)[C@H](N(C)C)[C@H]1O. The van der Waals surface area contributed by atoms with Crippen molar-refractivity contribution in [2.45, 2.75) is 68.5 Å². The van der Waals surface area contributed by atoms with E-state index in [-0.39, 0.29) is 46.4 Å². The fraction of sp³-hybridized carbons (Fsp3) is 0.500. The normalized spacial score (nSPS) is 34.6. The number of aliphatic hydroxyl groups is 3. The van der Waals surface area contributed by atoms with E-state index in [1.54, 1.807) is 32.8 Å². The first kappa shape index (κ1) is 26.2. The van der Waals surface area contributed by atoms with E-state index < -0.39 is 64.9 Å². The molecule has 2 aliphatic carbocycles. The van der Waals surface area contributed by atoms with Crippen molar-refractivity contribution in [3.63, 3.8) is 0 Å². The largest absolute Gasteiger partial charge is 0.507 e. The lowest BCUT2D eigenvalue weighted by molar-refractivity contribution is -0.311. The molecule has 2 aromatic rings. The minimum Gasteiger partial charge on any atom is -0.507 e. The molecular weight excluding hydrogens is 510 g/mol. The summed E-state index contributed by atoms with van der Waals surface area (Å²) < 4.78 is 17.4. The predicted molar refractivity (Wildman–Crippen MR) is 134 cm³/mol. The Hall–Kier alpha value is -3.06. The van der Waals surface area contributed by atoms with Crippen molar-refractivity contribution < 1.29 is 49.3 Å². The lowest BCUT2D eigenvalue weighted by atomic mass is 9.72. The molecule has 2 heterocycles. The molecule has 1 saturated heterocycles. The van der Waals surface area contributed by atoms with E-state index in [4.69, 9.17) is 14.2 Å². The summed E-state index contributed by atoms with van der Waals surface area (Å²) in [5, 5.41) is 55.4. The second-order valence-corrected chi connectivity index (χ2v) is 11.6. The minimum absolute atomic E-state index is 0.0835. The molecule has 2 aliphatic heterocycles. The van der Waals surface area contributed by atoms with Crippen molar-refractivity contribution in [1.29, 1.82) is 0 Å². The van der Waals surface area contributed by atoms with Crippen LogP contribution in [-0.4, -0.2) is 93.3 Å². The summed E-state index contributed by atoms with van der Waals surface area (Å²) in [6.07, 6.45) is -4.29. The Balaban J connectivity index is 1.58. The van der Waals surface area contributed by atoms with Crippen molar-refractivity contribution in [2.75, 3.05) is 21.2 Å². The van der Waals surface area contributed by atoms with Crippen molar-refractivity contribution >= 4 is 11.6 Å². The van der Waals surface area contributed by atoms with E-state index >= 15 is 0 Å². The van der Waals surface area contributed by atoms with Gasteiger partial charge in [-0.3, -0.25) is 9.59 Å². The third kappa shape index (κ3) is 3.38. The van der Waals surface area contributed by atoms with E-state index in [0.717, 1.165) is 0 Å². The molecule has 1 fully saturated rings. The molecule has 0 unspecified atom stereocenters. The zero-order valence-corrected chi connectivity index (χ0v) is 22.2. The van der Waals surface area contributed by atoms with Crippen LogP contribution in [0.25, 0.3) is 0 Å². The van der Waals surface area contributed by atoms with Crippen LogP contribution >= 0.6 is 0 Å². The first-order chi connectivity index (χ1) is 18.2. The number of rotatable bonds is 2. The zero-order chi connectivity index (χ0) is 28.3. The van der Waals surface area contributed by atoms with Gasteiger partial charge in [0.1, 0.15) is 35.1 Å². The Morgan fingerprint density at radius 2 is 1.74 bits per heavy atom. The van der Waals surface area contributed by atoms with Gasteiger partial charge in [0, 0.05) is 36.6 Å². The monoisotopic (exact) mass is 541 g/mol. The number of ether oxygens (including phenoxy) is 3. The highest BCUT2D eigenvalue weighted by Gasteiger charge is 2.59. The molecule has 5 N–H and O–H groups in total. The van der Waals surface area contributed by atoms with E-state index in [9.17, 15) is 35.1 Å². The number of nitrogens with zero attached hydrogens (tertiary/aromatic N) is 1. The van der Waals surface area contributed by atoms with Crippen molar-refractivity contribution in [1.82, 2.24) is 4.90 Å². The highest BCUT2D eigenvalue weighted by molar-refractivity contribution is 6.31. The molecule has 11 nitrogen and oxygen atoms in total. The fourth-order valence-electron chi connectivity index (χ4n) is 6.76. The first-order valence-corrected chi connectivity index (χ1v) is 12.7. The summed E-state index contributed by atoms with van der Waals surface area (Å²) in [6, 6.07) is 1.90. The molecule has 11 heteroatoms. The number of aliphatic hydroxyl groups excluding tert-OH is 2. The van der Waals surface area contributed by atoms with Gasteiger partial charge in [-0.15, -0.1) is 0 Å². The van der Waals surface area contributed by atoms with Gasteiger partial charge < -0.3 is 44.6 Å². The van der Waals surface area contributed by atoms with E-state index in [1.807, 2.05) is 0 Å². The van der Waals surface area contributed by atoms with Crippen LogP contribution in [0.1, 0.15) is 74.9 Å². The van der Waals surface area contributed by atoms with Gasteiger partial charge in [-0.25, -0.2) is 0 Å². The van der Waals surface area contributed by atoms with Crippen LogP contribution in [0.5, 0.6) is 17.2 Å². The molecule has 39 heavy (non-hydrogen) atoms. The van der Waals surface area contributed by atoms with Gasteiger partial charge in [0.2, 0.25) is 12.1 Å². The highest BCUT2D eigenvalue weighted by atomic mass is 16.7. The van der Waals surface area contributed by atoms with Gasteiger partial charge in [0.15, 0.2) is 5.78 Å². The maximum absolute atomic E-state index is 14.1. The number of benzene rings is 2. The lowest BCUT2D eigenvalue weighted by Gasteiger charge is -2.53. The summed E-state index contributed by atoms with van der Waals surface area (Å²) in [7, 11) is 4.80. The number of phenols is 2. The van der Waals surface area contributed by atoms with Crippen molar-refractivity contribution in [2.24, 2.45) is 0 Å². The Bertz CT molecular complexity index is 1450. The number of carbonyl (C=O) groups excluding carboxylic acids is 2. The van der Waals surface area contributed by atoms with Gasteiger partial charge in [-0.1, -0.05) is 0 Å². The quantitative estimate of drug-likeness (QED) is 0.312. The number of carbonyl (C=O) groups is 2. The Morgan fingerprint density at radius 3 is 2.38 bits per heavy atom. The second-order valence-electron chi connectivity index (χ2n) is 11.6. The van der Waals surface area contributed by atoms with Crippen LogP contribution in [0, 0.1) is 0 Å². The summed E-state index contributed by atoms with van der Waals surface area (Å²) in [5.74, 6) is -2.54. The van der Waals surface area contributed by atoms with Crippen LogP contribution < -0.4 is 4.74 Å². The van der Waals surface area contributed by atoms with Gasteiger partial charge >= 0.3 is 0 Å². The number of likely N-dealkylation sites (N-methyl/N-ethyl adjacent to an activating group) is 1. The van der Waals surface area contributed by atoms with E-state index in [0.29, 0.717) is 11.1 Å². The van der Waals surface area contributed by atoms with Crippen LogP contribution in [0.2, 0.25) is 0 Å². The van der Waals surface area contributed by atoms with Gasteiger partial charge in [-0.2, -0.15) is 0 Å². The second kappa shape index (κ2) is 8.23. The molecule has 0 aromatic heterocycles. The Morgan fingerprint density at radius 1 is 1.05 bits per heavy atom. The van der Waals surface area contributed by atoms with Crippen LogP contribution in [0.4, 0.5) is 0 Å². The molecule has 0 spiro atoms. The first-order valence-electron chi connectivity index (χ1n) is 12.7. The molecular formula is C28H31NO10.